The highest BCUT2D eigenvalue weighted by Gasteiger charge is 2.22. The zero-order valence-corrected chi connectivity index (χ0v) is 15.1. The zero-order valence-electron chi connectivity index (χ0n) is 15.1. The van der Waals surface area contributed by atoms with Gasteiger partial charge in [-0.3, -0.25) is 14.5 Å². The SMILES string of the molecule is CCC(=O)Nc1cccc(C(=O)N2CCN(Cc3ccccc3)CC2)c1. The lowest BCUT2D eigenvalue weighted by atomic mass is 10.1. The topological polar surface area (TPSA) is 52.7 Å². The van der Waals surface area contributed by atoms with E-state index in [9.17, 15) is 9.59 Å². The van der Waals surface area contributed by atoms with Crippen molar-refractivity contribution in [3.05, 3.63) is 65.7 Å². The molecule has 0 unspecified atom stereocenters. The van der Waals surface area contributed by atoms with E-state index < -0.39 is 0 Å². The predicted octanol–water partition coefficient (Wildman–Crippen LogP) is 2.99. The number of hydrogen-bond donors (Lipinski definition) is 1. The van der Waals surface area contributed by atoms with E-state index in [-0.39, 0.29) is 11.8 Å². The normalized spacial score (nSPS) is 14.9. The van der Waals surface area contributed by atoms with Crippen molar-refractivity contribution in [3.8, 4) is 0 Å². The van der Waals surface area contributed by atoms with Crippen LogP contribution in [0.2, 0.25) is 0 Å². The number of amides is 2. The average molecular weight is 351 g/mol. The molecule has 1 saturated heterocycles. The number of nitrogens with zero attached hydrogens (tertiary/aromatic N) is 2. The molecule has 1 heterocycles. The van der Waals surface area contributed by atoms with Crippen molar-refractivity contribution in [1.82, 2.24) is 9.80 Å². The summed E-state index contributed by atoms with van der Waals surface area (Å²) in [5.41, 5.74) is 2.59. The minimum absolute atomic E-state index is 0.0250. The summed E-state index contributed by atoms with van der Waals surface area (Å²) in [7, 11) is 0. The number of anilines is 1. The van der Waals surface area contributed by atoms with Crippen LogP contribution in [-0.2, 0) is 11.3 Å². The molecule has 1 aliphatic rings. The summed E-state index contributed by atoms with van der Waals surface area (Å²) in [6.07, 6.45) is 0.418. The molecule has 136 valence electrons. The van der Waals surface area contributed by atoms with Gasteiger partial charge in [0, 0.05) is 50.4 Å². The lowest BCUT2D eigenvalue weighted by Crippen LogP contribution is -2.48. The van der Waals surface area contributed by atoms with Gasteiger partial charge in [0.1, 0.15) is 0 Å². The molecule has 1 N–H and O–H groups in total. The van der Waals surface area contributed by atoms with Gasteiger partial charge in [-0.15, -0.1) is 0 Å². The van der Waals surface area contributed by atoms with Crippen molar-refractivity contribution < 1.29 is 9.59 Å². The molecule has 5 heteroatoms. The molecular formula is C21H25N3O2. The van der Waals surface area contributed by atoms with Crippen molar-refractivity contribution in [1.29, 1.82) is 0 Å². The lowest BCUT2D eigenvalue weighted by Gasteiger charge is -2.34. The lowest BCUT2D eigenvalue weighted by molar-refractivity contribution is -0.115. The molecule has 2 aromatic rings. The van der Waals surface area contributed by atoms with Crippen LogP contribution in [0.4, 0.5) is 5.69 Å². The fourth-order valence-corrected chi connectivity index (χ4v) is 3.11. The summed E-state index contributed by atoms with van der Waals surface area (Å²) >= 11 is 0. The molecule has 2 amide bonds. The summed E-state index contributed by atoms with van der Waals surface area (Å²) < 4.78 is 0. The van der Waals surface area contributed by atoms with E-state index in [1.54, 1.807) is 19.1 Å². The van der Waals surface area contributed by atoms with Crippen LogP contribution >= 0.6 is 0 Å². The maximum Gasteiger partial charge on any atom is 0.254 e. The number of carbonyl (C=O) groups excluding carboxylic acids is 2. The molecule has 0 bridgehead atoms. The van der Waals surface area contributed by atoms with Crippen molar-refractivity contribution in [3.63, 3.8) is 0 Å². The molecule has 2 aromatic carbocycles. The second-order valence-corrected chi connectivity index (χ2v) is 6.54. The van der Waals surface area contributed by atoms with Crippen LogP contribution in [0.5, 0.6) is 0 Å². The average Bonchev–Trinajstić information content (AvgIpc) is 2.69. The Bertz CT molecular complexity index is 753. The van der Waals surface area contributed by atoms with Crippen molar-refractivity contribution in [2.24, 2.45) is 0 Å². The van der Waals surface area contributed by atoms with Gasteiger partial charge < -0.3 is 10.2 Å². The Morgan fingerprint density at radius 1 is 0.962 bits per heavy atom. The van der Waals surface area contributed by atoms with Crippen LogP contribution < -0.4 is 5.32 Å². The number of piperazine rings is 1. The molecule has 0 spiro atoms. The third kappa shape index (κ3) is 4.70. The highest BCUT2D eigenvalue weighted by molar-refractivity contribution is 5.97. The summed E-state index contributed by atoms with van der Waals surface area (Å²) in [6, 6.07) is 17.6. The van der Waals surface area contributed by atoms with E-state index in [0.29, 0.717) is 17.7 Å². The van der Waals surface area contributed by atoms with Crippen LogP contribution in [0, 0.1) is 0 Å². The van der Waals surface area contributed by atoms with Crippen LogP contribution in [0.15, 0.2) is 54.6 Å². The van der Waals surface area contributed by atoms with E-state index in [1.165, 1.54) is 5.56 Å². The Balaban J connectivity index is 1.56. The standard InChI is InChI=1S/C21H25N3O2/c1-2-20(25)22-19-10-6-9-18(15-19)21(26)24-13-11-23(12-14-24)16-17-7-4-3-5-8-17/h3-10,15H,2,11-14,16H2,1H3,(H,22,25). The Morgan fingerprint density at radius 2 is 1.69 bits per heavy atom. The molecule has 0 atom stereocenters. The molecule has 1 fully saturated rings. The fourth-order valence-electron chi connectivity index (χ4n) is 3.11. The third-order valence-corrected chi connectivity index (χ3v) is 4.62. The Hall–Kier alpha value is -2.66. The number of benzene rings is 2. The third-order valence-electron chi connectivity index (χ3n) is 4.62. The summed E-state index contributed by atoms with van der Waals surface area (Å²) in [6.45, 7) is 5.90. The molecule has 5 nitrogen and oxygen atoms in total. The molecule has 26 heavy (non-hydrogen) atoms. The van der Waals surface area contributed by atoms with Gasteiger partial charge in [-0.05, 0) is 23.8 Å². The van der Waals surface area contributed by atoms with Crippen molar-refractivity contribution in [2.45, 2.75) is 19.9 Å². The second-order valence-electron chi connectivity index (χ2n) is 6.54. The van der Waals surface area contributed by atoms with Gasteiger partial charge in [-0.1, -0.05) is 43.3 Å². The van der Waals surface area contributed by atoms with Crippen molar-refractivity contribution >= 4 is 17.5 Å². The highest BCUT2D eigenvalue weighted by atomic mass is 16.2. The smallest absolute Gasteiger partial charge is 0.254 e. The molecule has 3 rings (SSSR count). The van der Waals surface area contributed by atoms with Gasteiger partial charge in [0.15, 0.2) is 0 Å². The maximum absolute atomic E-state index is 12.8. The summed E-state index contributed by atoms with van der Waals surface area (Å²) in [5.74, 6) is -0.0268. The fraction of sp³-hybridized carbons (Fsp3) is 0.333. The van der Waals surface area contributed by atoms with Gasteiger partial charge in [0.2, 0.25) is 5.91 Å². The number of carbonyl (C=O) groups is 2. The van der Waals surface area contributed by atoms with E-state index in [2.05, 4.69) is 34.5 Å². The second kappa shape index (κ2) is 8.63. The van der Waals surface area contributed by atoms with Crippen molar-refractivity contribution in [2.75, 3.05) is 31.5 Å². The zero-order chi connectivity index (χ0) is 18.4. The number of nitrogens with one attached hydrogen (secondary N) is 1. The van der Waals surface area contributed by atoms with E-state index >= 15 is 0 Å². The van der Waals surface area contributed by atoms with E-state index in [1.807, 2.05) is 23.1 Å². The first kappa shape index (κ1) is 18.1. The quantitative estimate of drug-likeness (QED) is 0.901. The van der Waals surface area contributed by atoms with Gasteiger partial charge >= 0.3 is 0 Å². The predicted molar refractivity (Wildman–Crippen MR) is 103 cm³/mol. The van der Waals surface area contributed by atoms with Crippen LogP contribution in [-0.4, -0.2) is 47.8 Å². The highest BCUT2D eigenvalue weighted by Crippen LogP contribution is 2.15. The summed E-state index contributed by atoms with van der Waals surface area (Å²) in [4.78, 5) is 28.6. The van der Waals surface area contributed by atoms with Gasteiger partial charge in [-0.2, -0.15) is 0 Å². The minimum atomic E-state index is -0.0517. The van der Waals surface area contributed by atoms with Gasteiger partial charge in [0.25, 0.3) is 5.91 Å². The van der Waals surface area contributed by atoms with E-state index in [4.69, 9.17) is 0 Å². The molecule has 0 saturated carbocycles. The number of hydrogen-bond acceptors (Lipinski definition) is 3. The maximum atomic E-state index is 12.8. The number of rotatable bonds is 5. The van der Waals surface area contributed by atoms with Crippen LogP contribution in [0.25, 0.3) is 0 Å². The molecule has 0 radical (unpaired) electrons. The van der Waals surface area contributed by atoms with Gasteiger partial charge in [-0.25, -0.2) is 0 Å². The molecule has 0 aromatic heterocycles. The minimum Gasteiger partial charge on any atom is -0.336 e. The first-order valence-electron chi connectivity index (χ1n) is 9.11. The first-order chi connectivity index (χ1) is 12.7. The monoisotopic (exact) mass is 351 g/mol. The molecule has 1 aliphatic heterocycles. The Labute approximate surface area is 154 Å². The summed E-state index contributed by atoms with van der Waals surface area (Å²) in [5, 5.41) is 2.81. The molecular weight excluding hydrogens is 326 g/mol. The van der Waals surface area contributed by atoms with E-state index in [0.717, 1.165) is 32.7 Å². The first-order valence-corrected chi connectivity index (χ1v) is 9.11. The molecule has 0 aliphatic carbocycles. The Morgan fingerprint density at radius 3 is 2.38 bits per heavy atom. The van der Waals surface area contributed by atoms with Crippen LogP contribution in [0.3, 0.4) is 0 Å². The van der Waals surface area contributed by atoms with Gasteiger partial charge in [0.05, 0.1) is 0 Å². The largest absolute Gasteiger partial charge is 0.336 e. The Kier molecular flexibility index (Phi) is 6.02. The van der Waals surface area contributed by atoms with Crippen LogP contribution in [0.1, 0.15) is 29.3 Å².